The van der Waals surface area contributed by atoms with Gasteiger partial charge in [0.15, 0.2) is 0 Å². The molecule has 0 amide bonds. The summed E-state index contributed by atoms with van der Waals surface area (Å²) in [6, 6.07) is 0. The first-order chi connectivity index (χ1) is 6.02. The van der Waals surface area contributed by atoms with Crippen LogP contribution in [0.5, 0.6) is 0 Å². The van der Waals surface area contributed by atoms with Gasteiger partial charge in [0.25, 0.3) is 0 Å². The molecule has 0 saturated heterocycles. The molecule has 0 aliphatic rings. The van der Waals surface area contributed by atoms with Gasteiger partial charge in [0.2, 0.25) is 0 Å². The van der Waals surface area contributed by atoms with Gasteiger partial charge in [0.05, 0.1) is 17.1 Å². The Bertz CT molecular complexity index is 327. The van der Waals surface area contributed by atoms with Gasteiger partial charge in [-0.25, -0.2) is 4.98 Å². The Morgan fingerprint density at radius 3 is 2.54 bits per heavy atom. The lowest BCUT2D eigenvalue weighted by Gasteiger charge is -2.11. The summed E-state index contributed by atoms with van der Waals surface area (Å²) in [4.78, 5) is 8.69. The standard InChI is InChI=1S/C11H16N2/c1-7(2)9(4)11-10(5)12-6-8(3)13-11/h6-7H,4H2,1-3,5H3. The molecular formula is C11H16N2. The van der Waals surface area contributed by atoms with Crippen LogP contribution in [0, 0.1) is 19.8 Å². The molecule has 0 fully saturated rings. The van der Waals surface area contributed by atoms with E-state index in [4.69, 9.17) is 0 Å². The SMILES string of the molecule is C=C(c1nc(C)cnc1C)C(C)C. The normalized spacial score (nSPS) is 10.5. The molecule has 70 valence electrons. The van der Waals surface area contributed by atoms with E-state index in [1.165, 1.54) is 0 Å². The highest BCUT2D eigenvalue weighted by molar-refractivity contribution is 5.63. The van der Waals surface area contributed by atoms with E-state index in [9.17, 15) is 0 Å². The van der Waals surface area contributed by atoms with Gasteiger partial charge in [-0.2, -0.15) is 0 Å². The first-order valence-corrected chi connectivity index (χ1v) is 4.51. The molecule has 0 spiro atoms. The van der Waals surface area contributed by atoms with Crippen molar-refractivity contribution < 1.29 is 0 Å². The van der Waals surface area contributed by atoms with Crippen LogP contribution in [0.25, 0.3) is 5.57 Å². The van der Waals surface area contributed by atoms with Crippen molar-refractivity contribution >= 4 is 5.57 Å². The van der Waals surface area contributed by atoms with Crippen LogP contribution in [0.4, 0.5) is 0 Å². The molecule has 0 bridgehead atoms. The van der Waals surface area contributed by atoms with Gasteiger partial charge < -0.3 is 0 Å². The lowest BCUT2D eigenvalue weighted by molar-refractivity contribution is 0.842. The van der Waals surface area contributed by atoms with Crippen LogP contribution < -0.4 is 0 Å². The van der Waals surface area contributed by atoms with Crippen LogP contribution in [0.1, 0.15) is 30.9 Å². The molecule has 0 radical (unpaired) electrons. The molecule has 0 N–H and O–H groups in total. The molecule has 0 atom stereocenters. The van der Waals surface area contributed by atoms with Gasteiger partial charge in [0.1, 0.15) is 0 Å². The topological polar surface area (TPSA) is 25.8 Å². The molecule has 1 rings (SSSR count). The first kappa shape index (κ1) is 9.90. The number of aryl methyl sites for hydroxylation is 2. The fraction of sp³-hybridized carbons (Fsp3) is 0.455. The highest BCUT2D eigenvalue weighted by Gasteiger charge is 2.09. The van der Waals surface area contributed by atoms with Crippen molar-refractivity contribution in [3.63, 3.8) is 0 Å². The fourth-order valence-electron chi connectivity index (χ4n) is 1.12. The van der Waals surface area contributed by atoms with E-state index in [0.717, 1.165) is 22.7 Å². The monoisotopic (exact) mass is 176 g/mol. The van der Waals surface area contributed by atoms with E-state index in [2.05, 4.69) is 30.4 Å². The van der Waals surface area contributed by atoms with E-state index < -0.39 is 0 Å². The van der Waals surface area contributed by atoms with Crippen molar-refractivity contribution in [2.45, 2.75) is 27.7 Å². The number of rotatable bonds is 2. The van der Waals surface area contributed by atoms with Gasteiger partial charge in [-0.15, -0.1) is 0 Å². The Morgan fingerprint density at radius 1 is 1.38 bits per heavy atom. The van der Waals surface area contributed by atoms with Gasteiger partial charge in [-0.3, -0.25) is 4.98 Å². The smallest absolute Gasteiger partial charge is 0.0873 e. The van der Waals surface area contributed by atoms with E-state index >= 15 is 0 Å². The lowest BCUT2D eigenvalue weighted by atomic mass is 10.0. The average Bonchev–Trinajstić information content (AvgIpc) is 2.08. The molecule has 13 heavy (non-hydrogen) atoms. The average molecular weight is 176 g/mol. The van der Waals surface area contributed by atoms with Gasteiger partial charge >= 0.3 is 0 Å². The molecule has 0 unspecified atom stereocenters. The first-order valence-electron chi connectivity index (χ1n) is 4.51. The van der Waals surface area contributed by atoms with Crippen molar-refractivity contribution in [1.82, 2.24) is 9.97 Å². The zero-order valence-electron chi connectivity index (χ0n) is 8.76. The van der Waals surface area contributed by atoms with Crippen molar-refractivity contribution in [2.75, 3.05) is 0 Å². The highest BCUT2D eigenvalue weighted by atomic mass is 14.8. The predicted molar refractivity (Wildman–Crippen MR) is 55.4 cm³/mol. The van der Waals surface area contributed by atoms with Gasteiger partial charge in [-0.05, 0) is 25.3 Å². The summed E-state index contributed by atoms with van der Waals surface area (Å²) in [7, 11) is 0. The number of aromatic nitrogens is 2. The van der Waals surface area contributed by atoms with Crippen molar-refractivity contribution in [3.8, 4) is 0 Å². The number of allylic oxidation sites excluding steroid dienone is 1. The van der Waals surface area contributed by atoms with Crippen LogP contribution in [0.15, 0.2) is 12.8 Å². The van der Waals surface area contributed by atoms with Crippen LogP contribution >= 0.6 is 0 Å². The Balaban J connectivity index is 3.13. The summed E-state index contributed by atoms with van der Waals surface area (Å²) in [6.45, 7) is 12.2. The molecule has 0 aromatic carbocycles. The second-order valence-corrected chi connectivity index (χ2v) is 3.63. The maximum absolute atomic E-state index is 4.43. The maximum Gasteiger partial charge on any atom is 0.0873 e. The predicted octanol–water partition coefficient (Wildman–Crippen LogP) is 2.76. The molecule has 1 heterocycles. The molecule has 2 nitrogen and oxygen atoms in total. The Kier molecular flexibility index (Phi) is 2.81. The quantitative estimate of drug-likeness (QED) is 0.692. The van der Waals surface area contributed by atoms with Crippen molar-refractivity contribution in [1.29, 1.82) is 0 Å². The summed E-state index contributed by atoms with van der Waals surface area (Å²) in [5.74, 6) is 0.426. The third-order valence-electron chi connectivity index (χ3n) is 2.08. The third-order valence-corrected chi connectivity index (χ3v) is 2.08. The molecular weight excluding hydrogens is 160 g/mol. The fourth-order valence-corrected chi connectivity index (χ4v) is 1.12. The van der Waals surface area contributed by atoms with E-state index in [0.29, 0.717) is 5.92 Å². The second kappa shape index (κ2) is 3.69. The van der Waals surface area contributed by atoms with Gasteiger partial charge in [-0.1, -0.05) is 20.4 Å². The maximum atomic E-state index is 4.43. The lowest BCUT2D eigenvalue weighted by Crippen LogP contribution is -2.01. The summed E-state index contributed by atoms with van der Waals surface area (Å²) in [5.41, 5.74) is 3.93. The minimum Gasteiger partial charge on any atom is -0.257 e. The van der Waals surface area contributed by atoms with E-state index in [1.807, 2.05) is 13.8 Å². The Labute approximate surface area is 79.7 Å². The van der Waals surface area contributed by atoms with Crippen LogP contribution in [0.3, 0.4) is 0 Å². The summed E-state index contributed by atoms with van der Waals surface area (Å²) >= 11 is 0. The van der Waals surface area contributed by atoms with E-state index in [-0.39, 0.29) is 0 Å². The summed E-state index contributed by atoms with van der Waals surface area (Å²) in [5, 5.41) is 0. The Hall–Kier alpha value is -1.18. The number of hydrogen-bond acceptors (Lipinski definition) is 2. The molecule has 1 aromatic heterocycles. The molecule has 0 aliphatic heterocycles. The Morgan fingerprint density at radius 2 is 2.00 bits per heavy atom. The van der Waals surface area contributed by atoms with Crippen LogP contribution in [-0.4, -0.2) is 9.97 Å². The zero-order chi connectivity index (χ0) is 10.0. The van der Waals surface area contributed by atoms with Gasteiger partial charge in [0, 0.05) is 6.20 Å². The van der Waals surface area contributed by atoms with E-state index in [1.54, 1.807) is 6.20 Å². The van der Waals surface area contributed by atoms with Crippen LogP contribution in [0.2, 0.25) is 0 Å². The minimum atomic E-state index is 0.426. The second-order valence-electron chi connectivity index (χ2n) is 3.63. The molecule has 0 aliphatic carbocycles. The zero-order valence-corrected chi connectivity index (χ0v) is 8.76. The minimum absolute atomic E-state index is 0.426. The summed E-state index contributed by atoms with van der Waals surface area (Å²) < 4.78 is 0. The molecule has 0 saturated carbocycles. The molecule has 2 heteroatoms. The van der Waals surface area contributed by atoms with Crippen molar-refractivity contribution in [3.05, 3.63) is 29.9 Å². The molecule has 1 aromatic rings. The summed E-state index contributed by atoms with van der Waals surface area (Å²) in [6.07, 6.45) is 1.78. The largest absolute Gasteiger partial charge is 0.257 e. The van der Waals surface area contributed by atoms with Crippen molar-refractivity contribution in [2.24, 2.45) is 5.92 Å². The van der Waals surface area contributed by atoms with Crippen LogP contribution in [-0.2, 0) is 0 Å². The third kappa shape index (κ3) is 2.14. The number of hydrogen-bond donors (Lipinski definition) is 0. The number of nitrogens with zero attached hydrogens (tertiary/aromatic N) is 2. The highest BCUT2D eigenvalue weighted by Crippen LogP contribution is 2.20.